The summed E-state index contributed by atoms with van der Waals surface area (Å²) in [7, 11) is 0. The third kappa shape index (κ3) is 2.56. The van der Waals surface area contributed by atoms with Gasteiger partial charge in [0.15, 0.2) is 0 Å². The molecule has 0 radical (unpaired) electrons. The lowest BCUT2D eigenvalue weighted by molar-refractivity contribution is -0.384. The van der Waals surface area contributed by atoms with Crippen molar-refractivity contribution in [1.29, 1.82) is 0 Å². The highest BCUT2D eigenvalue weighted by Gasteiger charge is 2.17. The van der Waals surface area contributed by atoms with Gasteiger partial charge in [-0.3, -0.25) is 10.1 Å². The van der Waals surface area contributed by atoms with Crippen LogP contribution in [0.2, 0.25) is 0 Å². The van der Waals surface area contributed by atoms with Crippen molar-refractivity contribution >= 4 is 22.8 Å². The molecule has 2 aromatic heterocycles. The number of aromatic nitrogens is 2. The van der Waals surface area contributed by atoms with Gasteiger partial charge >= 0.3 is 5.69 Å². The largest absolute Gasteiger partial charge is 0.355 e. The third-order valence-electron chi connectivity index (χ3n) is 2.16. The van der Waals surface area contributed by atoms with E-state index < -0.39 is 4.92 Å². The van der Waals surface area contributed by atoms with Gasteiger partial charge in [0.1, 0.15) is 5.01 Å². The van der Waals surface area contributed by atoms with Gasteiger partial charge in [-0.1, -0.05) is 0 Å². The molecule has 7 heteroatoms. The summed E-state index contributed by atoms with van der Waals surface area (Å²) in [6.45, 7) is 1.89. The first kappa shape index (κ1) is 11.5. The van der Waals surface area contributed by atoms with Gasteiger partial charge in [-0.25, -0.2) is 9.97 Å². The normalized spacial score (nSPS) is 12.1. The molecule has 0 spiro atoms. The Kier molecular flexibility index (Phi) is 3.29. The van der Waals surface area contributed by atoms with Crippen molar-refractivity contribution < 1.29 is 4.92 Å². The SMILES string of the molecule is CC(Nc1ncccc1[N+](=O)[O-])c1nccs1. The number of hydrogen-bond donors (Lipinski definition) is 1. The molecule has 0 aliphatic heterocycles. The Morgan fingerprint density at radius 3 is 2.94 bits per heavy atom. The third-order valence-corrected chi connectivity index (χ3v) is 3.12. The molecule has 0 aliphatic carbocycles. The molecule has 1 N–H and O–H groups in total. The Morgan fingerprint density at radius 1 is 1.47 bits per heavy atom. The molecule has 0 saturated heterocycles. The second-order valence-corrected chi connectivity index (χ2v) is 4.29. The van der Waals surface area contributed by atoms with Crippen LogP contribution < -0.4 is 5.32 Å². The van der Waals surface area contributed by atoms with Crippen molar-refractivity contribution in [1.82, 2.24) is 9.97 Å². The summed E-state index contributed by atoms with van der Waals surface area (Å²) in [4.78, 5) is 18.5. The van der Waals surface area contributed by atoms with Crippen LogP contribution in [0.5, 0.6) is 0 Å². The van der Waals surface area contributed by atoms with Crippen molar-refractivity contribution in [2.24, 2.45) is 0 Å². The molecular formula is C10H10N4O2S. The highest BCUT2D eigenvalue weighted by molar-refractivity contribution is 7.09. The molecule has 0 aromatic carbocycles. The highest BCUT2D eigenvalue weighted by Crippen LogP contribution is 2.25. The summed E-state index contributed by atoms with van der Waals surface area (Å²) < 4.78 is 0. The van der Waals surface area contributed by atoms with Gasteiger partial charge in [0.05, 0.1) is 11.0 Å². The molecule has 2 heterocycles. The van der Waals surface area contributed by atoms with Crippen LogP contribution in [-0.4, -0.2) is 14.9 Å². The molecule has 17 heavy (non-hydrogen) atoms. The van der Waals surface area contributed by atoms with E-state index >= 15 is 0 Å². The predicted octanol–water partition coefficient (Wildman–Crippen LogP) is 2.62. The summed E-state index contributed by atoms with van der Waals surface area (Å²) in [6, 6.07) is 2.85. The van der Waals surface area contributed by atoms with Gasteiger partial charge in [0, 0.05) is 23.8 Å². The first-order valence-electron chi connectivity index (χ1n) is 4.94. The van der Waals surface area contributed by atoms with Crippen molar-refractivity contribution in [2.75, 3.05) is 5.32 Å². The molecule has 0 fully saturated rings. The molecular weight excluding hydrogens is 240 g/mol. The van der Waals surface area contributed by atoms with Crippen LogP contribution in [-0.2, 0) is 0 Å². The van der Waals surface area contributed by atoms with Crippen LogP contribution in [0.3, 0.4) is 0 Å². The second-order valence-electron chi connectivity index (χ2n) is 3.36. The summed E-state index contributed by atoms with van der Waals surface area (Å²) in [5, 5.41) is 16.5. The molecule has 88 valence electrons. The Balaban J connectivity index is 2.21. The Hall–Kier alpha value is -2.02. The van der Waals surface area contributed by atoms with Crippen LogP contribution in [0.15, 0.2) is 29.9 Å². The number of anilines is 1. The molecule has 0 bridgehead atoms. The lowest BCUT2D eigenvalue weighted by Gasteiger charge is -2.11. The van der Waals surface area contributed by atoms with Crippen molar-refractivity contribution in [2.45, 2.75) is 13.0 Å². The van der Waals surface area contributed by atoms with Crippen LogP contribution in [0.1, 0.15) is 18.0 Å². The molecule has 0 saturated carbocycles. The Bertz CT molecular complexity index is 515. The van der Waals surface area contributed by atoms with Gasteiger partial charge in [0.2, 0.25) is 5.82 Å². The van der Waals surface area contributed by atoms with Gasteiger partial charge < -0.3 is 5.32 Å². The molecule has 2 rings (SSSR count). The van der Waals surface area contributed by atoms with Crippen LogP contribution in [0.25, 0.3) is 0 Å². The fourth-order valence-corrected chi connectivity index (χ4v) is 2.02. The zero-order chi connectivity index (χ0) is 12.3. The van der Waals surface area contributed by atoms with Crippen LogP contribution in [0, 0.1) is 10.1 Å². The zero-order valence-electron chi connectivity index (χ0n) is 9.03. The number of nitrogens with one attached hydrogen (secondary N) is 1. The van der Waals surface area contributed by atoms with Gasteiger partial charge in [-0.2, -0.15) is 0 Å². The number of nitro groups is 1. The number of hydrogen-bond acceptors (Lipinski definition) is 6. The van der Waals surface area contributed by atoms with E-state index in [0.717, 1.165) is 5.01 Å². The molecule has 0 aliphatic rings. The van der Waals surface area contributed by atoms with E-state index in [-0.39, 0.29) is 17.5 Å². The Labute approximate surface area is 102 Å². The fourth-order valence-electron chi connectivity index (χ4n) is 1.37. The van der Waals surface area contributed by atoms with E-state index in [9.17, 15) is 10.1 Å². The fraction of sp³-hybridized carbons (Fsp3) is 0.200. The average molecular weight is 250 g/mol. The number of nitrogens with zero attached hydrogens (tertiary/aromatic N) is 3. The maximum absolute atomic E-state index is 10.8. The van der Waals surface area contributed by atoms with E-state index in [1.807, 2.05) is 12.3 Å². The molecule has 2 aromatic rings. The number of pyridine rings is 1. The van der Waals surface area contributed by atoms with Crippen molar-refractivity contribution in [3.63, 3.8) is 0 Å². The predicted molar refractivity (Wildman–Crippen MR) is 65.0 cm³/mol. The zero-order valence-corrected chi connectivity index (χ0v) is 9.85. The molecule has 6 nitrogen and oxygen atoms in total. The standard InChI is InChI=1S/C10H10N4O2S/c1-7(10-12-5-6-17-10)13-9-8(14(15)16)3-2-4-11-9/h2-7H,1H3,(H,11,13). The molecule has 1 unspecified atom stereocenters. The van der Waals surface area contributed by atoms with Gasteiger partial charge in [-0.05, 0) is 13.0 Å². The monoisotopic (exact) mass is 250 g/mol. The summed E-state index contributed by atoms with van der Waals surface area (Å²) >= 11 is 1.49. The lowest BCUT2D eigenvalue weighted by Crippen LogP contribution is -2.09. The minimum Gasteiger partial charge on any atom is -0.355 e. The van der Waals surface area contributed by atoms with E-state index in [4.69, 9.17) is 0 Å². The van der Waals surface area contributed by atoms with E-state index in [1.54, 1.807) is 6.20 Å². The molecule has 1 atom stereocenters. The number of rotatable bonds is 4. The Morgan fingerprint density at radius 2 is 2.29 bits per heavy atom. The minimum atomic E-state index is -0.454. The second kappa shape index (κ2) is 4.88. The smallest absolute Gasteiger partial charge is 0.311 e. The highest BCUT2D eigenvalue weighted by atomic mass is 32.1. The first-order chi connectivity index (χ1) is 8.18. The van der Waals surface area contributed by atoms with E-state index in [1.165, 1.54) is 29.7 Å². The van der Waals surface area contributed by atoms with Gasteiger partial charge in [-0.15, -0.1) is 11.3 Å². The summed E-state index contributed by atoms with van der Waals surface area (Å²) in [5.41, 5.74) is -0.0316. The van der Waals surface area contributed by atoms with Gasteiger partial charge in [0.25, 0.3) is 0 Å². The topological polar surface area (TPSA) is 81.0 Å². The van der Waals surface area contributed by atoms with Crippen LogP contribution >= 0.6 is 11.3 Å². The number of thiazole rings is 1. The van der Waals surface area contributed by atoms with Crippen molar-refractivity contribution in [3.05, 3.63) is 45.0 Å². The summed E-state index contributed by atoms with van der Waals surface area (Å²) in [5.74, 6) is 0.264. The summed E-state index contributed by atoms with van der Waals surface area (Å²) in [6.07, 6.45) is 3.22. The molecule has 0 amide bonds. The maximum Gasteiger partial charge on any atom is 0.311 e. The minimum absolute atomic E-state index is 0.0316. The van der Waals surface area contributed by atoms with E-state index in [0.29, 0.717) is 0 Å². The van der Waals surface area contributed by atoms with E-state index in [2.05, 4.69) is 15.3 Å². The quantitative estimate of drug-likeness (QED) is 0.666. The first-order valence-corrected chi connectivity index (χ1v) is 5.82. The average Bonchev–Trinajstić information content (AvgIpc) is 2.83. The van der Waals surface area contributed by atoms with Crippen LogP contribution in [0.4, 0.5) is 11.5 Å². The maximum atomic E-state index is 10.8. The van der Waals surface area contributed by atoms with Crippen molar-refractivity contribution in [3.8, 4) is 0 Å². The lowest BCUT2D eigenvalue weighted by atomic mass is 10.3.